The summed E-state index contributed by atoms with van der Waals surface area (Å²) in [6, 6.07) is 1.83. The highest BCUT2D eigenvalue weighted by atomic mass is 32.1. The molecule has 1 atom stereocenters. The van der Waals surface area contributed by atoms with Gasteiger partial charge in [0.1, 0.15) is 0 Å². The zero-order valence-corrected chi connectivity index (χ0v) is 10.9. The fraction of sp³-hybridized carbons (Fsp3) is 0.500. The minimum absolute atomic E-state index is 0.146. The number of thiophene rings is 1. The van der Waals surface area contributed by atoms with Crippen LogP contribution < -0.4 is 5.32 Å². The Morgan fingerprint density at radius 3 is 3.06 bits per heavy atom. The molecule has 0 saturated heterocycles. The first kappa shape index (κ1) is 13.0. The van der Waals surface area contributed by atoms with Crippen molar-refractivity contribution in [3.05, 3.63) is 21.4 Å². The molecule has 1 amide bonds. The van der Waals surface area contributed by atoms with Crippen LogP contribution in [-0.4, -0.2) is 30.1 Å². The van der Waals surface area contributed by atoms with E-state index in [2.05, 4.69) is 5.32 Å². The van der Waals surface area contributed by atoms with Crippen LogP contribution in [0.3, 0.4) is 0 Å². The van der Waals surface area contributed by atoms with E-state index in [4.69, 9.17) is 9.84 Å². The van der Waals surface area contributed by atoms with Gasteiger partial charge in [0.15, 0.2) is 0 Å². The molecule has 98 valence electrons. The third kappa shape index (κ3) is 2.88. The Morgan fingerprint density at radius 2 is 2.39 bits per heavy atom. The summed E-state index contributed by atoms with van der Waals surface area (Å²) in [6.07, 6.45) is 0.846. The van der Waals surface area contributed by atoms with E-state index in [1.807, 2.05) is 6.07 Å². The Morgan fingerprint density at radius 1 is 1.61 bits per heavy atom. The van der Waals surface area contributed by atoms with Crippen LogP contribution in [0.25, 0.3) is 0 Å². The molecule has 2 N–H and O–H groups in total. The Labute approximate surface area is 109 Å². The SMILES string of the molecule is CC(CNC(=O)c1cc2c(s1)CCOC2)C(=O)O. The van der Waals surface area contributed by atoms with Gasteiger partial charge in [0.2, 0.25) is 0 Å². The van der Waals surface area contributed by atoms with E-state index in [0.717, 1.165) is 12.0 Å². The first-order valence-corrected chi connectivity index (χ1v) is 6.60. The topological polar surface area (TPSA) is 75.6 Å². The number of hydrogen-bond donors (Lipinski definition) is 2. The van der Waals surface area contributed by atoms with Crippen LogP contribution in [-0.2, 0) is 22.6 Å². The molecule has 18 heavy (non-hydrogen) atoms. The number of amides is 1. The molecule has 1 aliphatic heterocycles. The van der Waals surface area contributed by atoms with Crippen molar-refractivity contribution in [3.8, 4) is 0 Å². The number of nitrogens with one attached hydrogen (secondary N) is 1. The summed E-state index contributed by atoms with van der Waals surface area (Å²) < 4.78 is 5.32. The molecule has 0 aliphatic carbocycles. The molecule has 1 unspecified atom stereocenters. The fourth-order valence-corrected chi connectivity index (χ4v) is 2.75. The number of fused-ring (bicyclic) bond motifs is 1. The second-order valence-corrected chi connectivity index (χ2v) is 5.45. The van der Waals surface area contributed by atoms with Gasteiger partial charge in [-0.3, -0.25) is 9.59 Å². The van der Waals surface area contributed by atoms with Crippen LogP contribution in [0.5, 0.6) is 0 Å². The fourth-order valence-electron chi connectivity index (χ4n) is 1.68. The van der Waals surface area contributed by atoms with Crippen molar-refractivity contribution in [2.24, 2.45) is 5.92 Å². The molecule has 1 aromatic rings. The summed E-state index contributed by atoms with van der Waals surface area (Å²) >= 11 is 1.46. The second kappa shape index (κ2) is 5.49. The van der Waals surface area contributed by atoms with E-state index in [1.54, 1.807) is 6.92 Å². The van der Waals surface area contributed by atoms with E-state index in [9.17, 15) is 9.59 Å². The average molecular weight is 269 g/mol. The predicted octanol–water partition coefficient (Wildman–Crippen LogP) is 1.27. The van der Waals surface area contributed by atoms with Gasteiger partial charge in [0.05, 0.1) is 24.0 Å². The molecular weight excluding hydrogens is 254 g/mol. The third-order valence-corrected chi connectivity index (χ3v) is 4.08. The average Bonchev–Trinajstić information content (AvgIpc) is 2.79. The molecule has 0 saturated carbocycles. The molecule has 2 heterocycles. The van der Waals surface area contributed by atoms with E-state index in [0.29, 0.717) is 18.1 Å². The normalized spacial score (nSPS) is 15.8. The van der Waals surface area contributed by atoms with Crippen LogP contribution in [0.4, 0.5) is 0 Å². The van der Waals surface area contributed by atoms with Gasteiger partial charge >= 0.3 is 5.97 Å². The highest BCUT2D eigenvalue weighted by Crippen LogP contribution is 2.26. The molecular formula is C12H15NO4S. The second-order valence-electron chi connectivity index (χ2n) is 4.31. The Hall–Kier alpha value is -1.40. The van der Waals surface area contributed by atoms with Crippen molar-refractivity contribution in [3.63, 3.8) is 0 Å². The van der Waals surface area contributed by atoms with Crippen LogP contribution >= 0.6 is 11.3 Å². The van der Waals surface area contributed by atoms with Gasteiger partial charge in [-0.15, -0.1) is 11.3 Å². The number of ether oxygens (including phenoxy) is 1. The Balaban J connectivity index is 1.97. The molecule has 0 aromatic carbocycles. The van der Waals surface area contributed by atoms with E-state index in [1.165, 1.54) is 16.2 Å². The monoisotopic (exact) mass is 269 g/mol. The highest BCUT2D eigenvalue weighted by molar-refractivity contribution is 7.14. The summed E-state index contributed by atoms with van der Waals surface area (Å²) in [5.74, 6) is -1.69. The molecule has 0 bridgehead atoms. The van der Waals surface area contributed by atoms with Crippen LogP contribution in [0, 0.1) is 5.92 Å². The standard InChI is InChI=1S/C12H15NO4S/c1-7(12(15)16)5-13-11(14)10-4-8-6-17-3-2-9(8)18-10/h4,7H,2-3,5-6H2,1H3,(H,13,14)(H,15,16). The lowest BCUT2D eigenvalue weighted by Gasteiger charge is -2.10. The Bertz CT molecular complexity index is 445. The maximum absolute atomic E-state index is 11.9. The van der Waals surface area contributed by atoms with Crippen molar-refractivity contribution in [2.45, 2.75) is 20.0 Å². The van der Waals surface area contributed by atoms with E-state index in [-0.39, 0.29) is 12.5 Å². The Kier molecular flexibility index (Phi) is 3.98. The number of aliphatic carboxylic acids is 1. The van der Waals surface area contributed by atoms with Gasteiger partial charge in [0, 0.05) is 17.8 Å². The van der Waals surface area contributed by atoms with E-state index >= 15 is 0 Å². The van der Waals surface area contributed by atoms with Gasteiger partial charge in [-0.2, -0.15) is 0 Å². The van der Waals surface area contributed by atoms with E-state index < -0.39 is 11.9 Å². The van der Waals surface area contributed by atoms with Crippen LogP contribution in [0.1, 0.15) is 27.0 Å². The summed E-state index contributed by atoms with van der Waals surface area (Å²) in [4.78, 5) is 24.3. The molecule has 0 spiro atoms. The minimum Gasteiger partial charge on any atom is -0.481 e. The smallest absolute Gasteiger partial charge is 0.308 e. The molecule has 2 rings (SSSR count). The minimum atomic E-state index is -0.908. The van der Waals surface area contributed by atoms with Crippen molar-refractivity contribution in [1.29, 1.82) is 0 Å². The predicted molar refractivity (Wildman–Crippen MR) is 66.8 cm³/mol. The van der Waals surface area contributed by atoms with Crippen molar-refractivity contribution in [2.75, 3.05) is 13.2 Å². The molecule has 1 aromatic heterocycles. The summed E-state index contributed by atoms with van der Waals surface area (Å²) in [7, 11) is 0. The van der Waals surface area contributed by atoms with Crippen LogP contribution in [0.2, 0.25) is 0 Å². The zero-order valence-electron chi connectivity index (χ0n) is 10.1. The summed E-state index contributed by atoms with van der Waals surface area (Å²) in [5.41, 5.74) is 1.07. The molecule has 0 radical (unpaired) electrons. The van der Waals surface area contributed by atoms with Gasteiger partial charge < -0.3 is 15.2 Å². The number of carbonyl (C=O) groups is 2. The first-order chi connectivity index (χ1) is 8.58. The summed E-state index contributed by atoms with van der Waals surface area (Å²) in [6.45, 7) is 2.97. The maximum atomic E-state index is 11.9. The number of carbonyl (C=O) groups excluding carboxylic acids is 1. The molecule has 1 aliphatic rings. The number of hydrogen-bond acceptors (Lipinski definition) is 4. The zero-order chi connectivity index (χ0) is 13.1. The number of carboxylic acid groups (broad SMARTS) is 1. The lowest BCUT2D eigenvalue weighted by Crippen LogP contribution is -2.30. The maximum Gasteiger partial charge on any atom is 0.308 e. The molecule has 5 nitrogen and oxygen atoms in total. The van der Waals surface area contributed by atoms with Crippen molar-refractivity contribution >= 4 is 23.2 Å². The highest BCUT2D eigenvalue weighted by Gasteiger charge is 2.18. The lowest BCUT2D eigenvalue weighted by molar-refractivity contribution is -0.140. The molecule has 0 fully saturated rings. The van der Waals surface area contributed by atoms with Gasteiger partial charge in [-0.25, -0.2) is 0 Å². The van der Waals surface area contributed by atoms with Crippen molar-refractivity contribution < 1.29 is 19.4 Å². The molecule has 6 heteroatoms. The lowest BCUT2D eigenvalue weighted by atomic mass is 10.2. The van der Waals surface area contributed by atoms with Crippen LogP contribution in [0.15, 0.2) is 6.07 Å². The first-order valence-electron chi connectivity index (χ1n) is 5.78. The third-order valence-electron chi connectivity index (χ3n) is 2.84. The van der Waals surface area contributed by atoms with Gasteiger partial charge in [0.25, 0.3) is 5.91 Å². The van der Waals surface area contributed by atoms with Gasteiger partial charge in [-0.05, 0) is 11.6 Å². The summed E-state index contributed by atoms with van der Waals surface area (Å²) in [5, 5.41) is 11.4. The van der Waals surface area contributed by atoms with Crippen molar-refractivity contribution in [1.82, 2.24) is 5.32 Å². The number of rotatable bonds is 4. The largest absolute Gasteiger partial charge is 0.481 e. The quantitative estimate of drug-likeness (QED) is 0.863. The van der Waals surface area contributed by atoms with Gasteiger partial charge in [-0.1, -0.05) is 6.92 Å². The number of carboxylic acids is 1.